The van der Waals surface area contributed by atoms with Gasteiger partial charge in [0, 0.05) is 11.6 Å². The van der Waals surface area contributed by atoms with E-state index in [2.05, 4.69) is 5.32 Å². The van der Waals surface area contributed by atoms with Crippen LogP contribution in [0.5, 0.6) is 0 Å². The number of hydrogen-bond donors (Lipinski definition) is 1. The molecule has 2 unspecified atom stereocenters. The van der Waals surface area contributed by atoms with Crippen LogP contribution in [-0.2, 0) is 14.8 Å². The average molecular weight is 345 g/mol. The van der Waals surface area contributed by atoms with Gasteiger partial charge in [0.1, 0.15) is 6.04 Å². The number of amides is 1. The van der Waals surface area contributed by atoms with Gasteiger partial charge >= 0.3 is 0 Å². The van der Waals surface area contributed by atoms with Crippen LogP contribution in [0.3, 0.4) is 0 Å². The van der Waals surface area contributed by atoms with Gasteiger partial charge in [-0.05, 0) is 31.4 Å². The molecule has 2 rings (SSSR count). The Kier molecular flexibility index (Phi) is 5.47. The van der Waals surface area contributed by atoms with Crippen molar-refractivity contribution in [3.05, 3.63) is 34.9 Å². The molecule has 1 heterocycles. The number of carbonyl (C=O) groups is 1. The van der Waals surface area contributed by atoms with E-state index in [1.165, 1.54) is 4.31 Å². The van der Waals surface area contributed by atoms with Gasteiger partial charge in [-0.3, -0.25) is 4.79 Å². The lowest BCUT2D eigenvalue weighted by atomic mass is 10.0. The van der Waals surface area contributed by atoms with E-state index in [9.17, 15) is 13.2 Å². The summed E-state index contributed by atoms with van der Waals surface area (Å²) in [6.45, 7) is 2.24. The van der Waals surface area contributed by atoms with Gasteiger partial charge in [-0.2, -0.15) is 4.31 Å². The minimum Gasteiger partial charge on any atom is -0.348 e. The van der Waals surface area contributed by atoms with Crippen LogP contribution < -0.4 is 5.32 Å². The van der Waals surface area contributed by atoms with E-state index in [0.717, 1.165) is 24.7 Å². The Bertz CT molecular complexity index is 648. The van der Waals surface area contributed by atoms with Crippen molar-refractivity contribution in [3.8, 4) is 0 Å². The molecule has 2 atom stereocenters. The van der Waals surface area contributed by atoms with E-state index >= 15 is 0 Å². The van der Waals surface area contributed by atoms with E-state index < -0.39 is 16.1 Å². The molecule has 0 saturated carbocycles. The molecule has 1 aromatic rings. The molecule has 1 aliphatic rings. The first-order valence-corrected chi connectivity index (χ1v) is 9.55. The van der Waals surface area contributed by atoms with E-state index in [0.29, 0.717) is 18.0 Å². The second-order valence-electron chi connectivity index (χ2n) is 5.64. The molecule has 1 saturated heterocycles. The van der Waals surface area contributed by atoms with Crippen LogP contribution in [0, 0.1) is 0 Å². The van der Waals surface area contributed by atoms with E-state index in [-0.39, 0.29) is 11.9 Å². The van der Waals surface area contributed by atoms with Crippen molar-refractivity contribution in [2.75, 3.05) is 12.8 Å². The highest BCUT2D eigenvalue weighted by molar-refractivity contribution is 7.88. The highest BCUT2D eigenvalue weighted by atomic mass is 35.5. The van der Waals surface area contributed by atoms with Crippen molar-refractivity contribution in [2.24, 2.45) is 0 Å². The van der Waals surface area contributed by atoms with Gasteiger partial charge < -0.3 is 5.32 Å². The number of hydrogen-bond acceptors (Lipinski definition) is 3. The van der Waals surface area contributed by atoms with Crippen LogP contribution >= 0.6 is 11.6 Å². The predicted octanol–water partition coefficient (Wildman–Crippen LogP) is 2.33. The van der Waals surface area contributed by atoms with Crippen LogP contribution in [-0.4, -0.2) is 37.5 Å². The van der Waals surface area contributed by atoms with Crippen LogP contribution in [0.15, 0.2) is 24.3 Å². The minimum atomic E-state index is -3.38. The quantitative estimate of drug-likeness (QED) is 0.911. The summed E-state index contributed by atoms with van der Waals surface area (Å²) in [5.41, 5.74) is 0.819. The Morgan fingerprint density at radius 2 is 2.05 bits per heavy atom. The van der Waals surface area contributed by atoms with Gasteiger partial charge in [-0.1, -0.05) is 36.2 Å². The standard InChI is InChI=1S/C15H21ClN2O3S/c1-11(12-7-3-4-8-13(12)16)17-15(19)14-9-5-6-10-18(14)22(2,20)21/h3-4,7-8,11,14H,5-6,9-10H2,1-2H3,(H,17,19). The summed E-state index contributed by atoms with van der Waals surface area (Å²) in [5.74, 6) is -0.266. The maximum Gasteiger partial charge on any atom is 0.238 e. The summed E-state index contributed by atoms with van der Waals surface area (Å²) in [4.78, 5) is 12.5. The molecule has 1 fully saturated rings. The molecular weight excluding hydrogens is 324 g/mol. The van der Waals surface area contributed by atoms with Crippen LogP contribution in [0.1, 0.15) is 37.8 Å². The molecule has 0 aliphatic carbocycles. The lowest BCUT2D eigenvalue weighted by Gasteiger charge is -2.33. The van der Waals surface area contributed by atoms with Crippen LogP contribution in [0.25, 0.3) is 0 Å². The van der Waals surface area contributed by atoms with Crippen molar-refractivity contribution < 1.29 is 13.2 Å². The fourth-order valence-electron chi connectivity index (χ4n) is 2.78. The molecule has 5 nitrogen and oxygen atoms in total. The normalized spacial score (nSPS) is 21.3. The second-order valence-corrected chi connectivity index (χ2v) is 7.98. The molecule has 122 valence electrons. The molecule has 0 spiro atoms. The van der Waals surface area contributed by atoms with E-state index in [4.69, 9.17) is 11.6 Å². The Morgan fingerprint density at radius 1 is 1.36 bits per heavy atom. The number of rotatable bonds is 4. The molecule has 1 aliphatic heterocycles. The lowest BCUT2D eigenvalue weighted by molar-refractivity contribution is -0.126. The number of sulfonamides is 1. The van der Waals surface area contributed by atoms with Crippen molar-refractivity contribution in [1.29, 1.82) is 0 Å². The number of nitrogens with one attached hydrogen (secondary N) is 1. The van der Waals surface area contributed by atoms with Crippen molar-refractivity contribution >= 4 is 27.5 Å². The molecular formula is C15H21ClN2O3S. The third-order valence-electron chi connectivity index (χ3n) is 3.91. The maximum atomic E-state index is 12.5. The van der Waals surface area contributed by atoms with Crippen LogP contribution in [0.4, 0.5) is 0 Å². The highest BCUT2D eigenvalue weighted by Gasteiger charge is 2.34. The number of nitrogens with zero attached hydrogens (tertiary/aromatic N) is 1. The first kappa shape index (κ1) is 17.2. The Morgan fingerprint density at radius 3 is 2.68 bits per heavy atom. The molecule has 7 heteroatoms. The summed E-state index contributed by atoms with van der Waals surface area (Å²) in [5, 5.41) is 3.46. The zero-order valence-corrected chi connectivity index (χ0v) is 14.3. The smallest absolute Gasteiger partial charge is 0.238 e. The van der Waals surface area contributed by atoms with Gasteiger partial charge in [0.05, 0.1) is 12.3 Å². The Balaban J connectivity index is 2.12. The first-order chi connectivity index (χ1) is 10.3. The number of piperidine rings is 1. The average Bonchev–Trinajstić information content (AvgIpc) is 2.46. The Hall–Kier alpha value is -1.11. The summed E-state index contributed by atoms with van der Waals surface area (Å²) in [6.07, 6.45) is 3.34. The van der Waals surface area contributed by atoms with Gasteiger partial charge in [0.15, 0.2) is 0 Å². The summed E-state index contributed by atoms with van der Waals surface area (Å²) >= 11 is 6.13. The molecule has 0 radical (unpaired) electrons. The highest BCUT2D eigenvalue weighted by Crippen LogP contribution is 2.24. The van der Waals surface area contributed by atoms with Crippen molar-refractivity contribution in [1.82, 2.24) is 9.62 Å². The van der Waals surface area contributed by atoms with Gasteiger partial charge in [-0.15, -0.1) is 0 Å². The molecule has 22 heavy (non-hydrogen) atoms. The van der Waals surface area contributed by atoms with Crippen molar-refractivity contribution in [2.45, 2.75) is 38.3 Å². The third-order valence-corrected chi connectivity index (χ3v) is 5.55. The second kappa shape index (κ2) is 6.98. The fraction of sp³-hybridized carbons (Fsp3) is 0.533. The SMILES string of the molecule is CC(NC(=O)C1CCCCN1S(C)(=O)=O)c1ccccc1Cl. The summed E-state index contributed by atoms with van der Waals surface area (Å²) in [6, 6.07) is 6.39. The molecule has 1 amide bonds. The third kappa shape index (κ3) is 4.00. The zero-order valence-electron chi connectivity index (χ0n) is 12.8. The predicted molar refractivity (Wildman–Crippen MR) is 87.2 cm³/mol. The number of carbonyl (C=O) groups excluding carboxylic acids is 1. The molecule has 0 aromatic heterocycles. The summed E-state index contributed by atoms with van der Waals surface area (Å²) < 4.78 is 25.0. The fourth-order valence-corrected chi connectivity index (χ4v) is 4.20. The zero-order chi connectivity index (χ0) is 16.3. The van der Waals surface area contributed by atoms with Gasteiger partial charge in [-0.25, -0.2) is 8.42 Å². The molecule has 0 bridgehead atoms. The molecule has 1 N–H and O–H groups in total. The Labute approximate surface area is 136 Å². The van der Waals surface area contributed by atoms with E-state index in [1.54, 1.807) is 6.07 Å². The summed E-state index contributed by atoms with van der Waals surface area (Å²) in [7, 11) is -3.38. The number of benzene rings is 1. The monoisotopic (exact) mass is 344 g/mol. The van der Waals surface area contributed by atoms with E-state index in [1.807, 2.05) is 25.1 Å². The van der Waals surface area contributed by atoms with Crippen molar-refractivity contribution in [3.63, 3.8) is 0 Å². The maximum absolute atomic E-state index is 12.5. The first-order valence-electron chi connectivity index (χ1n) is 7.32. The number of halogens is 1. The molecule has 1 aromatic carbocycles. The van der Waals surface area contributed by atoms with Crippen LogP contribution in [0.2, 0.25) is 5.02 Å². The topological polar surface area (TPSA) is 66.5 Å². The lowest BCUT2D eigenvalue weighted by Crippen LogP contribution is -2.51. The van der Waals surface area contributed by atoms with Gasteiger partial charge in [0.25, 0.3) is 0 Å². The largest absolute Gasteiger partial charge is 0.348 e. The minimum absolute atomic E-state index is 0.266. The van der Waals surface area contributed by atoms with Gasteiger partial charge in [0.2, 0.25) is 15.9 Å².